The molecule has 0 aliphatic heterocycles. The van der Waals surface area contributed by atoms with Gasteiger partial charge in [0.2, 0.25) is 0 Å². The molecule has 0 saturated heterocycles. The zero-order valence-corrected chi connectivity index (χ0v) is 10.9. The first-order valence-electron chi connectivity index (χ1n) is 5.28. The lowest BCUT2D eigenvalue weighted by atomic mass is 10.1. The summed E-state index contributed by atoms with van der Waals surface area (Å²) in [6.07, 6.45) is 2.03. The second kappa shape index (κ2) is 7.94. The fourth-order valence-corrected chi connectivity index (χ4v) is 1.43. The van der Waals surface area contributed by atoms with Crippen molar-refractivity contribution in [2.75, 3.05) is 12.4 Å². The van der Waals surface area contributed by atoms with Crippen LogP contribution in [-0.2, 0) is 4.79 Å². The highest BCUT2D eigenvalue weighted by atomic mass is 35.5. The third kappa shape index (κ3) is 4.07. The van der Waals surface area contributed by atoms with Gasteiger partial charge in [-0.25, -0.2) is 0 Å². The van der Waals surface area contributed by atoms with E-state index < -0.39 is 0 Å². The highest BCUT2D eigenvalue weighted by Crippen LogP contribution is 2.27. The number of hydrogen-bond acceptors (Lipinski definition) is 2. The van der Waals surface area contributed by atoms with Crippen molar-refractivity contribution in [2.24, 2.45) is 0 Å². The van der Waals surface area contributed by atoms with Crippen LogP contribution in [0.5, 0.6) is 0 Å². The molecule has 0 saturated carbocycles. The molecule has 0 atom stereocenters. The molecule has 0 fully saturated rings. The number of nitrogens with one attached hydrogen (secondary N) is 1. The largest absolute Gasteiger partial charge is 0.388 e. The van der Waals surface area contributed by atoms with Gasteiger partial charge in [0.25, 0.3) is 0 Å². The lowest BCUT2D eigenvalue weighted by Crippen LogP contribution is -1.93. The second-order valence-electron chi connectivity index (χ2n) is 2.95. The van der Waals surface area contributed by atoms with Crippen molar-refractivity contribution in [3.05, 3.63) is 35.4 Å². The molecule has 1 N–H and O–H groups in total. The summed E-state index contributed by atoms with van der Waals surface area (Å²) in [7, 11) is 1.82. The smallest absolute Gasteiger partial charge is 0.144 e. The monoisotopic (exact) mass is 239 g/mol. The summed E-state index contributed by atoms with van der Waals surface area (Å²) in [5.41, 5.74) is 2.87. The molecule has 0 unspecified atom stereocenters. The summed E-state index contributed by atoms with van der Waals surface area (Å²) in [6.45, 7) is 5.98. The Hall–Kier alpha value is -1.28. The third-order valence-electron chi connectivity index (χ3n) is 1.92. The molecule has 2 nitrogen and oxygen atoms in total. The third-order valence-corrected chi connectivity index (χ3v) is 2.25. The molecule has 88 valence electrons. The number of aldehydes is 1. The standard InChI is InChI=1S/C11H12ClNO.C2H6/c1-8-3-4-11(13-2)9(7-8)10(12)5-6-14;1-2/h3-7,13H,1-2H3;1-2H3/b10-5+;. The highest BCUT2D eigenvalue weighted by Gasteiger charge is 2.04. The van der Waals surface area contributed by atoms with Gasteiger partial charge in [-0.05, 0) is 25.1 Å². The normalized spacial score (nSPS) is 10.2. The van der Waals surface area contributed by atoms with Crippen LogP contribution < -0.4 is 5.32 Å². The maximum atomic E-state index is 10.3. The highest BCUT2D eigenvalue weighted by molar-refractivity contribution is 6.50. The Balaban J connectivity index is 0.00000106. The van der Waals surface area contributed by atoms with Crippen LogP contribution in [0.25, 0.3) is 5.03 Å². The number of aryl methyl sites for hydroxylation is 1. The Bertz CT molecular complexity index is 372. The molecule has 0 heterocycles. The molecular weight excluding hydrogens is 222 g/mol. The maximum Gasteiger partial charge on any atom is 0.144 e. The molecule has 0 bridgehead atoms. The van der Waals surface area contributed by atoms with Crippen LogP contribution in [0.2, 0.25) is 0 Å². The fourth-order valence-electron chi connectivity index (χ4n) is 1.22. The molecule has 0 amide bonds. The van der Waals surface area contributed by atoms with Gasteiger partial charge < -0.3 is 5.32 Å². The average Bonchev–Trinajstić information content (AvgIpc) is 2.32. The number of benzene rings is 1. The number of hydrogen-bond donors (Lipinski definition) is 1. The first kappa shape index (κ1) is 14.7. The summed E-state index contributed by atoms with van der Waals surface area (Å²) in [5.74, 6) is 0. The quantitative estimate of drug-likeness (QED) is 0.641. The summed E-state index contributed by atoms with van der Waals surface area (Å²) in [5, 5.41) is 3.47. The topological polar surface area (TPSA) is 29.1 Å². The molecule has 0 spiro atoms. The van der Waals surface area contributed by atoms with Gasteiger partial charge in [0.15, 0.2) is 0 Å². The molecule has 1 rings (SSSR count). The number of allylic oxidation sites excluding steroid dienone is 1. The number of rotatable bonds is 3. The predicted octanol–water partition coefficient (Wildman–Crippen LogP) is 3.84. The van der Waals surface area contributed by atoms with Crippen LogP contribution in [0, 0.1) is 6.92 Å². The van der Waals surface area contributed by atoms with E-state index in [4.69, 9.17) is 11.6 Å². The number of carbonyl (C=O) groups excluding carboxylic acids is 1. The summed E-state index contributed by atoms with van der Waals surface area (Å²) in [6, 6.07) is 5.86. The summed E-state index contributed by atoms with van der Waals surface area (Å²) < 4.78 is 0. The van der Waals surface area contributed by atoms with Crippen LogP contribution >= 0.6 is 11.6 Å². The zero-order chi connectivity index (χ0) is 12.6. The van der Waals surface area contributed by atoms with Crippen molar-refractivity contribution >= 4 is 28.6 Å². The van der Waals surface area contributed by atoms with Gasteiger partial charge in [0.05, 0.1) is 5.03 Å². The summed E-state index contributed by atoms with van der Waals surface area (Å²) in [4.78, 5) is 10.3. The second-order valence-corrected chi connectivity index (χ2v) is 3.36. The Kier molecular flexibility index (Phi) is 7.31. The Morgan fingerprint density at radius 2 is 2.00 bits per heavy atom. The number of halogens is 1. The van der Waals surface area contributed by atoms with E-state index >= 15 is 0 Å². The molecule has 0 radical (unpaired) electrons. The van der Waals surface area contributed by atoms with Crippen molar-refractivity contribution in [3.63, 3.8) is 0 Å². The first-order chi connectivity index (χ1) is 7.69. The van der Waals surface area contributed by atoms with Crippen molar-refractivity contribution in [1.29, 1.82) is 0 Å². The minimum atomic E-state index is 0.452. The predicted molar refractivity (Wildman–Crippen MR) is 72.0 cm³/mol. The molecular formula is C13H18ClNO. The van der Waals surface area contributed by atoms with Crippen molar-refractivity contribution in [3.8, 4) is 0 Å². The SMILES string of the molecule is CC.CNc1ccc(C)cc1/C(Cl)=C\C=O. The van der Waals surface area contributed by atoms with Crippen molar-refractivity contribution in [1.82, 2.24) is 0 Å². The first-order valence-corrected chi connectivity index (χ1v) is 5.66. The van der Waals surface area contributed by atoms with Gasteiger partial charge in [0.1, 0.15) is 6.29 Å². The van der Waals surface area contributed by atoms with Gasteiger partial charge in [-0.15, -0.1) is 0 Å². The van der Waals surface area contributed by atoms with Crippen LogP contribution in [0.3, 0.4) is 0 Å². The molecule has 0 aromatic heterocycles. The number of carbonyl (C=O) groups is 1. The molecule has 3 heteroatoms. The van der Waals surface area contributed by atoms with E-state index in [2.05, 4.69) is 5.32 Å². The van der Waals surface area contributed by atoms with Gasteiger partial charge in [-0.3, -0.25) is 4.79 Å². The van der Waals surface area contributed by atoms with E-state index in [1.807, 2.05) is 46.0 Å². The van der Waals surface area contributed by atoms with Gasteiger partial charge in [-0.2, -0.15) is 0 Å². The Morgan fingerprint density at radius 3 is 2.50 bits per heavy atom. The van der Waals surface area contributed by atoms with Crippen molar-refractivity contribution < 1.29 is 4.79 Å². The fraction of sp³-hybridized carbons (Fsp3) is 0.308. The molecule has 16 heavy (non-hydrogen) atoms. The van der Waals surface area contributed by atoms with Crippen LogP contribution in [0.1, 0.15) is 25.0 Å². The number of anilines is 1. The maximum absolute atomic E-state index is 10.3. The van der Waals surface area contributed by atoms with Crippen LogP contribution in [0.15, 0.2) is 24.3 Å². The van der Waals surface area contributed by atoms with E-state index in [1.54, 1.807) is 0 Å². The minimum Gasteiger partial charge on any atom is -0.388 e. The Labute approximate surface area is 102 Å². The van der Waals surface area contributed by atoms with Crippen LogP contribution in [0.4, 0.5) is 5.69 Å². The minimum absolute atomic E-state index is 0.452. The van der Waals surface area contributed by atoms with E-state index in [1.165, 1.54) is 6.08 Å². The van der Waals surface area contributed by atoms with Gasteiger partial charge >= 0.3 is 0 Å². The van der Waals surface area contributed by atoms with E-state index in [0.717, 1.165) is 16.8 Å². The lowest BCUT2D eigenvalue weighted by molar-refractivity contribution is -0.104. The lowest BCUT2D eigenvalue weighted by Gasteiger charge is -2.08. The van der Waals surface area contributed by atoms with E-state index in [-0.39, 0.29) is 0 Å². The molecule has 0 aliphatic rings. The van der Waals surface area contributed by atoms with Gasteiger partial charge in [-0.1, -0.05) is 37.1 Å². The average molecular weight is 240 g/mol. The van der Waals surface area contributed by atoms with E-state index in [9.17, 15) is 4.79 Å². The summed E-state index contributed by atoms with van der Waals surface area (Å²) >= 11 is 5.95. The molecule has 0 aliphatic carbocycles. The van der Waals surface area contributed by atoms with Crippen LogP contribution in [-0.4, -0.2) is 13.3 Å². The zero-order valence-electron chi connectivity index (χ0n) is 10.2. The molecule has 1 aromatic rings. The molecule has 1 aromatic carbocycles. The van der Waals surface area contributed by atoms with Gasteiger partial charge in [0, 0.05) is 18.3 Å². The Morgan fingerprint density at radius 1 is 1.38 bits per heavy atom. The van der Waals surface area contributed by atoms with E-state index in [0.29, 0.717) is 11.3 Å². The van der Waals surface area contributed by atoms with Crippen molar-refractivity contribution in [2.45, 2.75) is 20.8 Å².